The first kappa shape index (κ1) is 20.9. The Balaban J connectivity index is 1.75. The van der Waals surface area contributed by atoms with Crippen LogP contribution in [0.3, 0.4) is 0 Å². The van der Waals surface area contributed by atoms with Crippen LogP contribution < -0.4 is 5.32 Å². The monoisotopic (exact) mass is 442 g/mol. The number of benzene rings is 2. The molecule has 0 aliphatic carbocycles. The molecule has 1 aliphatic rings. The lowest BCUT2D eigenvalue weighted by atomic mass is 9.94. The van der Waals surface area contributed by atoms with Gasteiger partial charge in [-0.1, -0.05) is 18.2 Å². The molecule has 0 amide bonds. The molecular weight excluding hydrogens is 420 g/mol. The van der Waals surface area contributed by atoms with E-state index in [2.05, 4.69) is 15.3 Å². The van der Waals surface area contributed by atoms with E-state index in [9.17, 15) is 17.6 Å². The molecule has 166 valence electrons. The van der Waals surface area contributed by atoms with E-state index in [0.29, 0.717) is 34.8 Å². The van der Waals surface area contributed by atoms with E-state index in [4.69, 9.17) is 0 Å². The second kappa shape index (κ2) is 8.16. The molecule has 4 nitrogen and oxygen atoms in total. The normalized spacial score (nSPS) is 15.6. The van der Waals surface area contributed by atoms with Crippen molar-refractivity contribution < 1.29 is 17.6 Å². The van der Waals surface area contributed by atoms with Crippen molar-refractivity contribution in [3.8, 4) is 11.4 Å². The van der Waals surface area contributed by atoms with Gasteiger partial charge in [-0.3, -0.25) is 0 Å². The number of aryl methyl sites for hydroxylation is 1. The Morgan fingerprint density at radius 1 is 0.969 bits per heavy atom. The predicted molar refractivity (Wildman–Crippen MR) is 116 cm³/mol. The molecule has 0 spiro atoms. The van der Waals surface area contributed by atoms with Crippen molar-refractivity contribution in [1.29, 1.82) is 0 Å². The Labute approximate surface area is 182 Å². The van der Waals surface area contributed by atoms with E-state index in [1.165, 1.54) is 12.1 Å². The number of alkyl halides is 3. The summed E-state index contributed by atoms with van der Waals surface area (Å²) in [6.07, 6.45) is -1.74. The van der Waals surface area contributed by atoms with Crippen molar-refractivity contribution in [2.24, 2.45) is 5.92 Å². The second-order valence-corrected chi connectivity index (χ2v) is 8.25. The van der Waals surface area contributed by atoms with Crippen molar-refractivity contribution in [1.82, 2.24) is 19.9 Å². The first-order chi connectivity index (χ1) is 15.4. The summed E-state index contributed by atoms with van der Waals surface area (Å²) < 4.78 is 57.3. The first-order valence-electron chi connectivity index (χ1n) is 10.7. The van der Waals surface area contributed by atoms with Crippen LogP contribution in [-0.2, 0) is 12.7 Å². The SMILES string of the molecule is Fc1ccc(-c2nc3c(C(F)(F)F)nc4ccccc4c3n2CCC2CCNCC2)cc1. The van der Waals surface area contributed by atoms with Crippen molar-refractivity contribution in [2.45, 2.75) is 32.0 Å². The standard InChI is InChI=1S/C24H22F4N4/c25-17-7-5-16(6-8-17)23-31-20-21(32(23)14-11-15-9-12-29-13-10-15)18-3-1-2-4-19(18)30-22(20)24(26,27)28/h1-8,15,29H,9-14H2. The van der Waals surface area contributed by atoms with Crippen LogP contribution in [0.5, 0.6) is 0 Å². The largest absolute Gasteiger partial charge is 0.435 e. The van der Waals surface area contributed by atoms with Gasteiger partial charge in [-0.15, -0.1) is 0 Å². The van der Waals surface area contributed by atoms with Crippen LogP contribution in [0.4, 0.5) is 17.6 Å². The third-order valence-electron chi connectivity index (χ3n) is 6.17. The van der Waals surface area contributed by atoms with Crippen LogP contribution in [0.1, 0.15) is 25.0 Å². The number of hydrogen-bond acceptors (Lipinski definition) is 3. The van der Waals surface area contributed by atoms with E-state index in [1.807, 2.05) is 4.57 Å². The summed E-state index contributed by atoms with van der Waals surface area (Å²) in [6, 6.07) is 12.5. The lowest BCUT2D eigenvalue weighted by Gasteiger charge is -2.23. The van der Waals surface area contributed by atoms with Gasteiger partial charge in [0, 0.05) is 17.5 Å². The van der Waals surface area contributed by atoms with Crippen LogP contribution in [0, 0.1) is 11.7 Å². The van der Waals surface area contributed by atoms with Gasteiger partial charge in [0.1, 0.15) is 17.2 Å². The van der Waals surface area contributed by atoms with E-state index in [0.717, 1.165) is 32.4 Å². The highest BCUT2D eigenvalue weighted by atomic mass is 19.4. The molecular formula is C24H22F4N4. The van der Waals surface area contributed by atoms with Crippen LogP contribution in [0.2, 0.25) is 0 Å². The number of fused-ring (bicyclic) bond motifs is 3. The number of piperidine rings is 1. The van der Waals surface area contributed by atoms with Crippen LogP contribution >= 0.6 is 0 Å². The summed E-state index contributed by atoms with van der Waals surface area (Å²) in [4.78, 5) is 8.36. The minimum atomic E-state index is -4.64. The Hall–Kier alpha value is -3.00. The van der Waals surface area contributed by atoms with E-state index >= 15 is 0 Å². The Morgan fingerprint density at radius 2 is 1.69 bits per heavy atom. The molecule has 2 aromatic carbocycles. The Bertz CT molecular complexity index is 1260. The number of aromatic nitrogens is 3. The molecule has 5 rings (SSSR count). The number of imidazole rings is 1. The highest BCUT2D eigenvalue weighted by Gasteiger charge is 2.37. The average molecular weight is 442 g/mol. The number of nitrogens with zero attached hydrogens (tertiary/aromatic N) is 3. The molecule has 0 atom stereocenters. The van der Waals surface area contributed by atoms with Crippen LogP contribution in [0.15, 0.2) is 48.5 Å². The topological polar surface area (TPSA) is 42.7 Å². The summed E-state index contributed by atoms with van der Waals surface area (Å²) in [5, 5.41) is 3.97. The third-order valence-corrected chi connectivity index (χ3v) is 6.17. The van der Waals surface area contributed by atoms with Crippen LogP contribution in [0.25, 0.3) is 33.3 Å². The summed E-state index contributed by atoms with van der Waals surface area (Å²) in [6.45, 7) is 2.43. The number of rotatable bonds is 4. The number of hydrogen-bond donors (Lipinski definition) is 1. The number of nitrogens with one attached hydrogen (secondary N) is 1. The fourth-order valence-corrected chi connectivity index (χ4v) is 4.55. The van der Waals surface area contributed by atoms with Crippen molar-refractivity contribution in [2.75, 3.05) is 13.1 Å². The molecule has 0 saturated carbocycles. The lowest BCUT2D eigenvalue weighted by molar-refractivity contribution is -0.139. The first-order valence-corrected chi connectivity index (χ1v) is 10.7. The zero-order valence-electron chi connectivity index (χ0n) is 17.3. The summed E-state index contributed by atoms with van der Waals surface area (Å²) >= 11 is 0. The molecule has 1 N–H and O–H groups in total. The van der Waals surface area contributed by atoms with Crippen molar-refractivity contribution in [3.63, 3.8) is 0 Å². The molecule has 0 bridgehead atoms. The van der Waals surface area contributed by atoms with Crippen LogP contribution in [-0.4, -0.2) is 27.6 Å². The van der Waals surface area contributed by atoms with E-state index < -0.39 is 17.7 Å². The molecule has 4 aromatic rings. The molecule has 1 fully saturated rings. The van der Waals surface area contributed by atoms with Gasteiger partial charge < -0.3 is 9.88 Å². The fourth-order valence-electron chi connectivity index (χ4n) is 4.55. The third kappa shape index (κ3) is 3.83. The lowest BCUT2D eigenvalue weighted by Crippen LogP contribution is -2.28. The van der Waals surface area contributed by atoms with Crippen molar-refractivity contribution >= 4 is 21.9 Å². The molecule has 3 heterocycles. The zero-order chi connectivity index (χ0) is 22.3. The van der Waals surface area contributed by atoms with Gasteiger partial charge in [0.15, 0.2) is 5.69 Å². The van der Waals surface area contributed by atoms with Gasteiger partial charge in [0.25, 0.3) is 0 Å². The van der Waals surface area contributed by atoms with Gasteiger partial charge in [0.05, 0.1) is 11.0 Å². The number of para-hydroxylation sites is 1. The van der Waals surface area contributed by atoms with E-state index in [-0.39, 0.29) is 11.0 Å². The molecule has 32 heavy (non-hydrogen) atoms. The minimum Gasteiger partial charge on any atom is -0.323 e. The van der Waals surface area contributed by atoms with Gasteiger partial charge in [-0.2, -0.15) is 13.2 Å². The summed E-state index contributed by atoms with van der Waals surface area (Å²) in [5.41, 5.74) is 0.123. The predicted octanol–water partition coefficient (Wildman–Crippen LogP) is 5.80. The highest BCUT2D eigenvalue weighted by Crippen LogP contribution is 2.38. The fraction of sp³-hybridized carbons (Fsp3) is 0.333. The summed E-state index contributed by atoms with van der Waals surface area (Å²) in [5.74, 6) is 0.483. The smallest absolute Gasteiger partial charge is 0.323 e. The molecule has 1 saturated heterocycles. The number of pyridine rings is 1. The number of halogens is 4. The molecule has 2 aromatic heterocycles. The zero-order valence-corrected chi connectivity index (χ0v) is 17.3. The second-order valence-electron chi connectivity index (χ2n) is 8.25. The van der Waals surface area contributed by atoms with Gasteiger partial charge in [-0.05, 0) is 68.6 Å². The molecule has 8 heteroatoms. The molecule has 0 unspecified atom stereocenters. The Morgan fingerprint density at radius 3 is 2.41 bits per heavy atom. The van der Waals surface area contributed by atoms with Crippen molar-refractivity contribution in [3.05, 3.63) is 60.0 Å². The maximum absolute atomic E-state index is 14.0. The quantitative estimate of drug-likeness (QED) is 0.406. The van der Waals surface area contributed by atoms with Gasteiger partial charge in [0.2, 0.25) is 0 Å². The maximum Gasteiger partial charge on any atom is 0.435 e. The Kier molecular flexibility index (Phi) is 5.33. The minimum absolute atomic E-state index is 0.166. The van der Waals surface area contributed by atoms with Gasteiger partial charge >= 0.3 is 6.18 Å². The molecule has 1 aliphatic heterocycles. The summed E-state index contributed by atoms with van der Waals surface area (Å²) in [7, 11) is 0. The molecule has 0 radical (unpaired) electrons. The van der Waals surface area contributed by atoms with Gasteiger partial charge in [-0.25, -0.2) is 14.4 Å². The maximum atomic E-state index is 14.0. The van der Waals surface area contributed by atoms with E-state index in [1.54, 1.807) is 36.4 Å². The highest BCUT2D eigenvalue weighted by molar-refractivity contribution is 6.04. The average Bonchev–Trinajstić information content (AvgIpc) is 3.17.